The number of piperazine rings is 1. The third kappa shape index (κ3) is 5.57. The number of anilines is 1. The molecule has 0 atom stereocenters. The maximum atomic E-state index is 4.46. The van der Waals surface area contributed by atoms with Gasteiger partial charge < -0.3 is 15.1 Å². The topological polar surface area (TPSA) is 43.8 Å². The molecule has 142 valence electrons. The van der Waals surface area contributed by atoms with Crippen LogP contribution in [0.1, 0.15) is 15.4 Å². The molecule has 1 fully saturated rings. The number of aliphatic imine (C=N–C) groups is 1. The molecule has 0 amide bonds. The van der Waals surface area contributed by atoms with Crippen LogP contribution in [0.15, 0.2) is 35.5 Å². The molecule has 2 heterocycles. The first-order chi connectivity index (χ1) is 12.2. The van der Waals surface area contributed by atoms with Gasteiger partial charge >= 0.3 is 0 Å². The minimum Gasteiger partial charge on any atom is -0.368 e. The molecule has 0 saturated carbocycles. The molecule has 0 aliphatic carbocycles. The van der Waals surface area contributed by atoms with Crippen LogP contribution < -0.4 is 10.2 Å². The molecule has 5 nitrogen and oxygen atoms in total. The number of nitrogens with one attached hydrogen (secondary N) is 1. The molecule has 0 unspecified atom stereocenters. The van der Waals surface area contributed by atoms with E-state index in [1.807, 2.05) is 13.2 Å². The number of benzene rings is 1. The summed E-state index contributed by atoms with van der Waals surface area (Å²) in [6, 6.07) is 8.75. The molecule has 1 saturated heterocycles. The SMILES string of the molecule is CN=C(NCCc1ncc(C)s1)N1CCN(c2cccc(C)c2)CC1.I. The molecular weight excluding hydrogens is 457 g/mol. The van der Waals surface area contributed by atoms with Gasteiger partial charge in [0.2, 0.25) is 0 Å². The van der Waals surface area contributed by atoms with Gasteiger partial charge in [-0.05, 0) is 31.5 Å². The minimum atomic E-state index is 0. The Hall–Kier alpha value is -1.35. The van der Waals surface area contributed by atoms with Gasteiger partial charge in [-0.1, -0.05) is 12.1 Å². The number of rotatable bonds is 4. The van der Waals surface area contributed by atoms with Crippen molar-refractivity contribution in [1.82, 2.24) is 15.2 Å². The van der Waals surface area contributed by atoms with Crippen LogP contribution in [0.4, 0.5) is 5.69 Å². The smallest absolute Gasteiger partial charge is 0.193 e. The summed E-state index contributed by atoms with van der Waals surface area (Å²) < 4.78 is 0. The van der Waals surface area contributed by atoms with E-state index in [2.05, 4.69) is 63.2 Å². The highest BCUT2D eigenvalue weighted by Crippen LogP contribution is 2.18. The number of thiazole rings is 1. The van der Waals surface area contributed by atoms with E-state index in [0.29, 0.717) is 0 Å². The third-order valence-corrected chi connectivity index (χ3v) is 5.42. The number of guanidine groups is 1. The van der Waals surface area contributed by atoms with E-state index in [-0.39, 0.29) is 24.0 Å². The molecule has 1 aliphatic rings. The Morgan fingerprint density at radius 3 is 2.62 bits per heavy atom. The second-order valence-corrected chi connectivity index (χ2v) is 7.72. The fourth-order valence-electron chi connectivity index (χ4n) is 3.13. The van der Waals surface area contributed by atoms with E-state index >= 15 is 0 Å². The highest BCUT2D eigenvalue weighted by Gasteiger charge is 2.19. The second-order valence-electron chi connectivity index (χ2n) is 6.40. The molecule has 1 aromatic carbocycles. The van der Waals surface area contributed by atoms with E-state index in [1.165, 1.54) is 21.1 Å². The molecule has 2 aromatic rings. The summed E-state index contributed by atoms with van der Waals surface area (Å²) in [5.41, 5.74) is 2.64. The molecule has 1 aliphatic heterocycles. The van der Waals surface area contributed by atoms with Crippen molar-refractivity contribution in [3.63, 3.8) is 0 Å². The van der Waals surface area contributed by atoms with Gasteiger partial charge in [0.15, 0.2) is 5.96 Å². The molecule has 3 rings (SSSR count). The molecule has 1 aromatic heterocycles. The predicted molar refractivity (Wildman–Crippen MR) is 122 cm³/mol. The fraction of sp³-hybridized carbons (Fsp3) is 0.474. The zero-order valence-electron chi connectivity index (χ0n) is 15.7. The van der Waals surface area contributed by atoms with Crippen LogP contribution in [0.3, 0.4) is 0 Å². The Balaban J connectivity index is 0.00000243. The number of nitrogens with zero attached hydrogens (tertiary/aromatic N) is 4. The van der Waals surface area contributed by atoms with E-state index in [9.17, 15) is 0 Å². The van der Waals surface area contributed by atoms with Gasteiger partial charge in [-0.15, -0.1) is 35.3 Å². The first-order valence-electron chi connectivity index (χ1n) is 8.84. The quantitative estimate of drug-likeness (QED) is 0.410. The molecule has 0 radical (unpaired) electrons. The summed E-state index contributed by atoms with van der Waals surface area (Å²) in [6.07, 6.45) is 2.89. The van der Waals surface area contributed by atoms with Crippen molar-refractivity contribution in [2.75, 3.05) is 44.7 Å². The standard InChI is InChI=1S/C19H27N5S.HI/c1-15-5-4-6-17(13-15)23-9-11-24(12-10-23)19(20-3)21-8-7-18-22-14-16(2)25-18;/h4-6,13-14H,7-12H2,1-3H3,(H,20,21);1H. The van der Waals surface area contributed by atoms with Crippen LogP contribution in [0.2, 0.25) is 0 Å². The molecule has 7 heteroatoms. The monoisotopic (exact) mass is 485 g/mol. The lowest BCUT2D eigenvalue weighted by Gasteiger charge is -2.37. The number of halogens is 1. The van der Waals surface area contributed by atoms with Gasteiger partial charge in [-0.2, -0.15) is 0 Å². The number of hydrogen-bond donors (Lipinski definition) is 1. The van der Waals surface area contributed by atoms with Crippen molar-refractivity contribution in [3.05, 3.63) is 45.9 Å². The van der Waals surface area contributed by atoms with E-state index < -0.39 is 0 Å². The fourth-order valence-corrected chi connectivity index (χ4v) is 3.92. The van der Waals surface area contributed by atoms with E-state index in [0.717, 1.165) is 45.1 Å². The summed E-state index contributed by atoms with van der Waals surface area (Å²) in [5.74, 6) is 0.997. The molecule has 0 bridgehead atoms. The lowest BCUT2D eigenvalue weighted by Crippen LogP contribution is -2.52. The van der Waals surface area contributed by atoms with Crippen molar-refractivity contribution < 1.29 is 0 Å². The molecule has 0 spiro atoms. The highest BCUT2D eigenvalue weighted by atomic mass is 127. The van der Waals surface area contributed by atoms with E-state index in [1.54, 1.807) is 11.3 Å². The normalized spacial score (nSPS) is 15.0. The first kappa shape index (κ1) is 21.0. The summed E-state index contributed by atoms with van der Waals surface area (Å²) >= 11 is 1.77. The molecule has 1 N–H and O–H groups in total. The Kier molecular flexibility index (Phi) is 8.15. The predicted octanol–water partition coefficient (Wildman–Crippen LogP) is 3.32. The molecule has 26 heavy (non-hydrogen) atoms. The van der Waals surface area contributed by atoms with Crippen LogP contribution in [0, 0.1) is 13.8 Å². The Morgan fingerprint density at radius 1 is 1.23 bits per heavy atom. The summed E-state index contributed by atoms with van der Waals surface area (Å²) in [5, 5.41) is 4.67. The van der Waals surface area contributed by atoms with Gasteiger partial charge in [0.1, 0.15) is 0 Å². The van der Waals surface area contributed by atoms with Gasteiger partial charge in [0.05, 0.1) is 5.01 Å². The van der Waals surface area contributed by atoms with Crippen molar-refractivity contribution in [2.45, 2.75) is 20.3 Å². The van der Waals surface area contributed by atoms with Crippen LogP contribution in [-0.2, 0) is 6.42 Å². The van der Waals surface area contributed by atoms with Gasteiger partial charge in [0.25, 0.3) is 0 Å². The van der Waals surface area contributed by atoms with Crippen LogP contribution in [0.25, 0.3) is 0 Å². The molecular formula is C19H28IN5S. The van der Waals surface area contributed by atoms with Crippen LogP contribution in [0.5, 0.6) is 0 Å². The maximum absolute atomic E-state index is 4.46. The summed E-state index contributed by atoms with van der Waals surface area (Å²) in [4.78, 5) is 14.9. The highest BCUT2D eigenvalue weighted by molar-refractivity contribution is 14.0. The lowest BCUT2D eigenvalue weighted by atomic mass is 10.2. The third-order valence-electron chi connectivity index (χ3n) is 4.45. The van der Waals surface area contributed by atoms with Gasteiger partial charge in [-0.3, -0.25) is 4.99 Å². The van der Waals surface area contributed by atoms with Gasteiger partial charge in [-0.25, -0.2) is 4.98 Å². The Bertz CT molecular complexity index is 722. The number of aryl methyl sites for hydroxylation is 2. The number of aromatic nitrogens is 1. The second kappa shape index (κ2) is 10.1. The number of hydrogen-bond acceptors (Lipinski definition) is 4. The van der Waals surface area contributed by atoms with Crippen molar-refractivity contribution in [2.24, 2.45) is 4.99 Å². The lowest BCUT2D eigenvalue weighted by molar-refractivity contribution is 0.373. The Labute approximate surface area is 177 Å². The van der Waals surface area contributed by atoms with Crippen LogP contribution in [-0.4, -0.2) is 55.6 Å². The van der Waals surface area contributed by atoms with Crippen molar-refractivity contribution >= 4 is 47.0 Å². The average Bonchev–Trinajstić information content (AvgIpc) is 3.04. The summed E-state index contributed by atoms with van der Waals surface area (Å²) in [7, 11) is 1.86. The zero-order chi connectivity index (χ0) is 17.6. The maximum Gasteiger partial charge on any atom is 0.193 e. The van der Waals surface area contributed by atoms with Crippen molar-refractivity contribution in [3.8, 4) is 0 Å². The van der Waals surface area contributed by atoms with Gasteiger partial charge in [0, 0.05) is 63.0 Å². The van der Waals surface area contributed by atoms with E-state index in [4.69, 9.17) is 0 Å². The largest absolute Gasteiger partial charge is 0.368 e. The minimum absolute atomic E-state index is 0. The Morgan fingerprint density at radius 2 is 2.00 bits per heavy atom. The zero-order valence-corrected chi connectivity index (χ0v) is 18.9. The van der Waals surface area contributed by atoms with Crippen molar-refractivity contribution in [1.29, 1.82) is 0 Å². The average molecular weight is 485 g/mol. The first-order valence-corrected chi connectivity index (χ1v) is 9.66. The summed E-state index contributed by atoms with van der Waals surface area (Å²) in [6.45, 7) is 9.15. The van der Waals surface area contributed by atoms with Crippen LogP contribution >= 0.6 is 35.3 Å².